The molecule has 160 valence electrons. The summed E-state index contributed by atoms with van der Waals surface area (Å²) in [6, 6.07) is 11.5. The Bertz CT molecular complexity index is 1600. The third-order valence-electron chi connectivity index (χ3n) is 6.11. The van der Waals surface area contributed by atoms with E-state index in [-0.39, 0.29) is 11.1 Å². The van der Waals surface area contributed by atoms with Gasteiger partial charge in [0, 0.05) is 52.2 Å². The molecule has 5 aromatic rings. The highest BCUT2D eigenvalue weighted by Crippen LogP contribution is 2.50. The quantitative estimate of drug-likeness (QED) is 0.230. The summed E-state index contributed by atoms with van der Waals surface area (Å²) < 4.78 is 61.0. The van der Waals surface area contributed by atoms with Crippen molar-refractivity contribution < 1.29 is 17.6 Å². The maximum atomic E-state index is 14.9. The van der Waals surface area contributed by atoms with E-state index in [1.807, 2.05) is 22.9 Å². The van der Waals surface area contributed by atoms with Gasteiger partial charge in [0.25, 0.3) is 0 Å². The molecule has 3 aromatic heterocycles. The fourth-order valence-electron chi connectivity index (χ4n) is 4.83. The largest absolute Gasteiger partial charge is 0.206 e. The van der Waals surface area contributed by atoms with Gasteiger partial charge >= 0.3 is 0 Å². The minimum absolute atomic E-state index is 0.0687. The van der Waals surface area contributed by atoms with Crippen LogP contribution in [0, 0.1) is 23.3 Å². The van der Waals surface area contributed by atoms with Crippen LogP contribution in [0.5, 0.6) is 0 Å². The molecule has 0 amide bonds. The highest BCUT2D eigenvalue weighted by Gasteiger charge is 2.36. The second-order valence-electron chi connectivity index (χ2n) is 7.78. The predicted molar refractivity (Wildman–Crippen MR) is 126 cm³/mol. The first kappa shape index (κ1) is 19.5. The van der Waals surface area contributed by atoms with Crippen LogP contribution in [0.1, 0.15) is 22.3 Å². The first-order valence-electron chi connectivity index (χ1n) is 10.0. The second kappa shape index (κ2) is 6.76. The van der Waals surface area contributed by atoms with Crippen LogP contribution in [0.15, 0.2) is 59.3 Å². The maximum Gasteiger partial charge on any atom is 0.134 e. The molecule has 7 rings (SSSR count). The van der Waals surface area contributed by atoms with Crippen molar-refractivity contribution >= 4 is 45.2 Å². The van der Waals surface area contributed by atoms with Gasteiger partial charge in [-0.05, 0) is 47.2 Å². The average molecular weight is 495 g/mol. The smallest absolute Gasteiger partial charge is 0.134 e. The summed E-state index contributed by atoms with van der Waals surface area (Å²) in [4.78, 5) is 1.85. The lowest BCUT2D eigenvalue weighted by atomic mass is 10.0. The SMILES string of the molecule is Fc1cccc(F)c1C1=c2sc3c(c2-c2sccc21)-c1sccc1C=3c1c(F)cccc1F. The normalized spacial score (nSPS) is 13.3. The molecule has 2 aliphatic carbocycles. The fourth-order valence-corrected chi connectivity index (χ4v) is 8.32. The van der Waals surface area contributed by atoms with Crippen molar-refractivity contribution in [3.05, 3.63) is 114 Å². The van der Waals surface area contributed by atoms with Crippen LogP contribution in [0.3, 0.4) is 0 Å². The number of hydrogen-bond donors (Lipinski definition) is 0. The van der Waals surface area contributed by atoms with Gasteiger partial charge in [0.05, 0.1) is 11.1 Å². The summed E-state index contributed by atoms with van der Waals surface area (Å²) in [5.41, 5.74) is 4.24. The number of benzene rings is 2. The Morgan fingerprint density at radius 1 is 0.485 bits per heavy atom. The van der Waals surface area contributed by atoms with Crippen LogP contribution >= 0.6 is 34.0 Å². The Morgan fingerprint density at radius 2 is 0.879 bits per heavy atom. The first-order chi connectivity index (χ1) is 16.1. The molecule has 0 radical (unpaired) electrons. The van der Waals surface area contributed by atoms with E-state index in [4.69, 9.17) is 0 Å². The van der Waals surface area contributed by atoms with Crippen molar-refractivity contribution in [1.82, 2.24) is 0 Å². The first-order valence-corrected chi connectivity index (χ1v) is 12.6. The van der Waals surface area contributed by atoms with E-state index in [1.165, 1.54) is 70.4 Å². The van der Waals surface area contributed by atoms with Gasteiger partial charge in [-0.1, -0.05) is 12.1 Å². The zero-order chi connectivity index (χ0) is 22.4. The molecule has 0 nitrogen and oxygen atoms in total. The Kier molecular flexibility index (Phi) is 3.99. The number of rotatable bonds is 2. The summed E-state index contributed by atoms with van der Waals surface area (Å²) in [7, 11) is 0. The van der Waals surface area contributed by atoms with E-state index < -0.39 is 23.3 Å². The van der Waals surface area contributed by atoms with Gasteiger partial charge in [0.2, 0.25) is 0 Å². The number of thiophene rings is 3. The minimum atomic E-state index is -0.635. The van der Waals surface area contributed by atoms with E-state index in [2.05, 4.69) is 0 Å². The van der Waals surface area contributed by atoms with E-state index in [9.17, 15) is 17.6 Å². The van der Waals surface area contributed by atoms with Gasteiger partial charge in [-0.15, -0.1) is 34.0 Å². The number of halogens is 4. The molecule has 0 atom stereocenters. The number of fused-ring (bicyclic) bond motifs is 7. The molecule has 3 heterocycles. The van der Waals surface area contributed by atoms with Crippen LogP contribution in [0.25, 0.3) is 32.0 Å². The van der Waals surface area contributed by atoms with Crippen molar-refractivity contribution in [3.8, 4) is 20.9 Å². The molecule has 33 heavy (non-hydrogen) atoms. The van der Waals surface area contributed by atoms with E-state index in [0.717, 1.165) is 41.1 Å². The Hall–Kier alpha value is -3.00. The molecule has 0 spiro atoms. The van der Waals surface area contributed by atoms with Gasteiger partial charge in [0.15, 0.2) is 0 Å². The summed E-state index contributed by atoms with van der Waals surface area (Å²) in [6.07, 6.45) is 0. The Labute approximate surface area is 197 Å². The fraction of sp³-hybridized carbons (Fsp3) is 0. The molecule has 0 saturated carbocycles. The predicted octanol–water partition coefficient (Wildman–Crippen LogP) is 6.88. The van der Waals surface area contributed by atoms with Crippen molar-refractivity contribution in [2.75, 3.05) is 0 Å². The van der Waals surface area contributed by atoms with Gasteiger partial charge < -0.3 is 0 Å². The number of hydrogen-bond acceptors (Lipinski definition) is 3. The van der Waals surface area contributed by atoms with Crippen molar-refractivity contribution in [2.24, 2.45) is 0 Å². The van der Waals surface area contributed by atoms with Crippen LogP contribution < -0.4 is 9.06 Å². The van der Waals surface area contributed by atoms with Crippen molar-refractivity contribution in [1.29, 1.82) is 0 Å². The molecule has 0 bridgehead atoms. The molecule has 0 N–H and O–H groups in total. The van der Waals surface area contributed by atoms with Gasteiger partial charge in [0.1, 0.15) is 23.3 Å². The lowest BCUT2D eigenvalue weighted by Crippen LogP contribution is -2.07. The molecular weight excluding hydrogens is 484 g/mol. The average Bonchev–Trinajstić information content (AvgIpc) is 3.55. The molecule has 2 aromatic carbocycles. The third-order valence-corrected chi connectivity index (χ3v) is 9.20. The monoisotopic (exact) mass is 494 g/mol. The standard InChI is InChI=1S/C26H10F4S3/c27-13-3-1-4-14(28)19(13)17-11-7-9-31-23(11)21-22-24-12(8-10-32-24)18(26(22)33-25(17)21)20-15(29)5-2-6-16(20)30/h1-10H. The topological polar surface area (TPSA) is 0 Å². The zero-order valence-corrected chi connectivity index (χ0v) is 19.0. The summed E-state index contributed by atoms with van der Waals surface area (Å²) in [6.45, 7) is 0. The lowest BCUT2D eigenvalue weighted by Gasteiger charge is -2.07. The molecule has 0 saturated heterocycles. The summed E-state index contributed by atoms with van der Waals surface area (Å²) in [5, 5.41) is 3.81. The van der Waals surface area contributed by atoms with Gasteiger partial charge in [-0.2, -0.15) is 0 Å². The van der Waals surface area contributed by atoms with Crippen molar-refractivity contribution in [2.45, 2.75) is 0 Å². The highest BCUT2D eigenvalue weighted by molar-refractivity contribution is 7.17. The Balaban J connectivity index is 1.70. The van der Waals surface area contributed by atoms with Crippen LogP contribution in [0.2, 0.25) is 0 Å². The van der Waals surface area contributed by atoms with Crippen molar-refractivity contribution in [3.63, 3.8) is 0 Å². The van der Waals surface area contributed by atoms with Gasteiger partial charge in [-0.3, -0.25) is 0 Å². The maximum absolute atomic E-state index is 14.9. The molecule has 7 heteroatoms. The zero-order valence-electron chi connectivity index (χ0n) is 16.5. The highest BCUT2D eigenvalue weighted by atomic mass is 32.1. The summed E-state index contributed by atoms with van der Waals surface area (Å²) in [5.74, 6) is -2.54. The Morgan fingerprint density at radius 3 is 1.27 bits per heavy atom. The van der Waals surface area contributed by atoms with Gasteiger partial charge in [-0.25, -0.2) is 17.6 Å². The molecule has 2 aliphatic rings. The molecular formula is C26H10F4S3. The second-order valence-corrected chi connectivity index (χ2v) is 10.6. The molecule has 0 unspecified atom stereocenters. The van der Waals surface area contributed by atoms with E-state index in [1.54, 1.807) is 0 Å². The molecule has 0 fully saturated rings. The van der Waals surface area contributed by atoms with E-state index in [0.29, 0.717) is 11.1 Å². The van der Waals surface area contributed by atoms with E-state index >= 15 is 0 Å². The molecule has 0 aliphatic heterocycles. The van der Waals surface area contributed by atoms with Crippen LogP contribution in [-0.2, 0) is 0 Å². The summed E-state index contributed by atoms with van der Waals surface area (Å²) >= 11 is 4.36. The minimum Gasteiger partial charge on any atom is -0.206 e. The lowest BCUT2D eigenvalue weighted by molar-refractivity contribution is 0.576. The van der Waals surface area contributed by atoms with Crippen LogP contribution in [-0.4, -0.2) is 0 Å². The third kappa shape index (κ3) is 2.44. The van der Waals surface area contributed by atoms with Crippen LogP contribution in [0.4, 0.5) is 17.6 Å².